The minimum Gasteiger partial charge on any atom is -0.481 e. The van der Waals surface area contributed by atoms with Gasteiger partial charge in [0, 0.05) is 85.3 Å². The molecule has 112 heavy (non-hydrogen) atoms. The van der Waals surface area contributed by atoms with Gasteiger partial charge in [0.25, 0.3) is 0 Å². The highest BCUT2D eigenvalue weighted by Crippen LogP contribution is 2.23. The lowest BCUT2D eigenvalue weighted by Crippen LogP contribution is -2.62. The van der Waals surface area contributed by atoms with Gasteiger partial charge in [-0.25, -0.2) is 9.78 Å². The number of carboxylic acids is 3. The fourth-order valence-electron chi connectivity index (χ4n) is 12.0. The number of aliphatic hydroxyl groups excluding tert-OH is 3. The molecule has 12 amide bonds. The number of nitrogens with zero attached hydrogens (tertiary/aromatic N) is 1. The number of H-pyrrole nitrogens is 3. The van der Waals surface area contributed by atoms with E-state index in [0.29, 0.717) is 38.5 Å². The second kappa shape index (κ2) is 43.3. The van der Waals surface area contributed by atoms with Gasteiger partial charge in [-0.3, -0.25) is 67.1 Å². The maximum Gasteiger partial charge on any atom is 0.328 e. The van der Waals surface area contributed by atoms with Crippen LogP contribution in [-0.4, -0.2) is 231 Å². The van der Waals surface area contributed by atoms with Crippen LogP contribution in [0.15, 0.2) is 104 Å². The van der Waals surface area contributed by atoms with E-state index in [1.54, 1.807) is 119 Å². The second-order valence-electron chi connectivity index (χ2n) is 27.9. The third kappa shape index (κ3) is 27.7. The third-order valence-electron chi connectivity index (χ3n) is 17.9. The van der Waals surface area contributed by atoms with Crippen molar-refractivity contribution in [2.45, 2.75) is 190 Å². The number of carboxylic acid groups (broad SMARTS) is 3. The Balaban J connectivity index is 1.31. The lowest BCUT2D eigenvalue weighted by atomic mass is 9.99. The Bertz CT molecular complexity index is 4260. The van der Waals surface area contributed by atoms with Gasteiger partial charge in [-0.1, -0.05) is 94.4 Å². The van der Waals surface area contributed by atoms with Gasteiger partial charge < -0.3 is 116 Å². The van der Waals surface area contributed by atoms with Gasteiger partial charge in [0.05, 0.1) is 37.4 Å². The molecule has 0 bridgehead atoms. The van der Waals surface area contributed by atoms with Gasteiger partial charge in [0.15, 0.2) is 0 Å². The van der Waals surface area contributed by atoms with Crippen LogP contribution in [0, 0.1) is 11.8 Å². The van der Waals surface area contributed by atoms with E-state index in [-0.39, 0.29) is 56.1 Å². The number of rotatable bonds is 47. The summed E-state index contributed by atoms with van der Waals surface area (Å²) in [5.41, 5.74) is 14.0. The maximum atomic E-state index is 15.4. The zero-order chi connectivity index (χ0) is 82.5. The van der Waals surface area contributed by atoms with E-state index >= 15 is 14.4 Å². The molecule has 0 aliphatic heterocycles. The minimum absolute atomic E-state index is 0.0222. The number of carbonyl (C=O) groups is 15. The number of hydrogen-bond acceptors (Lipinski definition) is 20. The summed E-state index contributed by atoms with van der Waals surface area (Å²) < 4.78 is 0. The summed E-state index contributed by atoms with van der Waals surface area (Å²) in [6, 6.07) is 1.76. The number of fused-ring (bicyclic) bond motifs is 2. The van der Waals surface area contributed by atoms with Crippen molar-refractivity contribution < 1.29 is 103 Å². The fraction of sp³-hybridized carbons (Fsp3) is 0.459. The molecule has 6 aromatic rings. The molecular formula is C74H99N17O21. The smallest absolute Gasteiger partial charge is 0.328 e. The summed E-state index contributed by atoms with van der Waals surface area (Å²) in [6.07, 6.45) is -0.744. The number of nitrogens with one attached hydrogen (secondary N) is 14. The number of para-hydroxylation sites is 2. The number of primary amides is 1. The highest BCUT2D eigenvalue weighted by atomic mass is 16.4. The van der Waals surface area contributed by atoms with E-state index in [4.69, 9.17) is 16.6 Å². The van der Waals surface area contributed by atoms with Crippen LogP contribution in [0.1, 0.15) is 108 Å². The van der Waals surface area contributed by atoms with Crippen LogP contribution in [0.25, 0.3) is 21.8 Å². The normalized spacial score (nSPS) is 14.8. The Hall–Kier alpha value is -12.2. The SMILES string of the molecule is CC(C)C[C@H](NC(=O)[C@H](CC(C)C)NC(=O)[C@H](CCC(N)=O)NC(=O)[C@H](CO)NC(=O)[C@H](Cc1c[nH]c2ccccc12)NC(=O)[C@H](Cc1c[nH]c2ccccc12)NC(=O)[C@H](Cc1c[nH]cn1)NC(=O)[C@H](CCC(=O)O)NC(=O)[C@H](Cc1ccccc1)NC(=O)[C@@H](NC(=O)[C@@H](N)CCC(=O)O)[C@@H](C)O)C(=O)N[C@@H](CO)C(=O)O. The van der Waals surface area contributed by atoms with Crippen LogP contribution in [-0.2, 0) is 97.6 Å². The highest BCUT2D eigenvalue weighted by molar-refractivity contribution is 6.01. The molecule has 0 aliphatic carbocycles. The van der Waals surface area contributed by atoms with Gasteiger partial charge in [-0.05, 0) is 79.7 Å². The van der Waals surface area contributed by atoms with Crippen LogP contribution in [0.3, 0.4) is 0 Å². The number of nitrogens with two attached hydrogens (primary N) is 2. The Morgan fingerprint density at radius 2 is 0.786 bits per heavy atom. The van der Waals surface area contributed by atoms with Gasteiger partial charge in [-0.2, -0.15) is 0 Å². The summed E-state index contributed by atoms with van der Waals surface area (Å²) >= 11 is 0. The molecule has 0 fully saturated rings. The molecule has 0 saturated carbocycles. The van der Waals surface area contributed by atoms with Gasteiger partial charge >= 0.3 is 17.9 Å². The molecule has 0 saturated heterocycles. The van der Waals surface area contributed by atoms with E-state index in [9.17, 15) is 83.1 Å². The van der Waals surface area contributed by atoms with Crippen molar-refractivity contribution in [1.82, 2.24) is 78.4 Å². The average Bonchev–Trinajstić information content (AvgIpc) is 1.63. The molecule has 0 radical (unpaired) electrons. The Labute approximate surface area is 642 Å². The molecule has 24 N–H and O–H groups in total. The number of imidazole rings is 1. The van der Waals surface area contributed by atoms with Crippen LogP contribution >= 0.6 is 0 Å². The van der Waals surface area contributed by atoms with Crippen LogP contribution in [0.2, 0.25) is 0 Å². The number of amides is 12. The van der Waals surface area contributed by atoms with Crippen molar-refractivity contribution in [3.63, 3.8) is 0 Å². The Morgan fingerprint density at radius 1 is 0.411 bits per heavy atom. The summed E-state index contributed by atoms with van der Waals surface area (Å²) in [6.45, 7) is 5.85. The summed E-state index contributed by atoms with van der Waals surface area (Å²) in [4.78, 5) is 219. The van der Waals surface area contributed by atoms with Gasteiger partial charge in [0.2, 0.25) is 70.9 Å². The molecule has 3 aromatic carbocycles. The lowest BCUT2D eigenvalue weighted by molar-refractivity contribution is -0.143. The molecule has 38 nitrogen and oxygen atoms in total. The topological polar surface area (TPSA) is 622 Å². The Kier molecular flexibility index (Phi) is 34.3. The van der Waals surface area contributed by atoms with E-state index in [0.717, 1.165) is 6.92 Å². The molecule has 0 spiro atoms. The number of carbonyl (C=O) groups excluding carboxylic acids is 12. The van der Waals surface area contributed by atoms with E-state index in [1.807, 2.05) is 0 Å². The van der Waals surface area contributed by atoms with Crippen molar-refractivity contribution in [2.24, 2.45) is 23.3 Å². The quantitative estimate of drug-likeness (QED) is 0.0179. The van der Waals surface area contributed by atoms with Crippen LogP contribution in [0.5, 0.6) is 0 Å². The molecule has 606 valence electrons. The summed E-state index contributed by atoms with van der Waals surface area (Å²) in [5.74, 6) is -17.6. The van der Waals surface area contributed by atoms with Crippen LogP contribution < -0.4 is 70.0 Å². The molecule has 6 rings (SSSR count). The summed E-state index contributed by atoms with van der Waals surface area (Å²) in [7, 11) is 0. The van der Waals surface area contributed by atoms with Crippen molar-refractivity contribution in [2.75, 3.05) is 13.2 Å². The molecule has 0 aliphatic rings. The van der Waals surface area contributed by atoms with E-state index < -0.39 is 219 Å². The predicted octanol–water partition coefficient (Wildman–Crippen LogP) is -3.16. The molecule has 3 heterocycles. The lowest BCUT2D eigenvalue weighted by Gasteiger charge is -2.28. The first-order valence-electron chi connectivity index (χ1n) is 36.2. The molecule has 0 unspecified atom stereocenters. The molecule has 3 aromatic heterocycles. The second-order valence-corrected chi connectivity index (χ2v) is 27.9. The predicted molar refractivity (Wildman–Crippen MR) is 400 cm³/mol. The first-order chi connectivity index (χ1) is 53.1. The van der Waals surface area contributed by atoms with Crippen molar-refractivity contribution >= 4 is 111 Å². The van der Waals surface area contributed by atoms with Gasteiger partial charge in [-0.15, -0.1) is 0 Å². The first kappa shape index (κ1) is 88.7. The standard InChI is InChI=1S/C74H99N17O21/c1-37(2)25-51(66(103)84-52(26-38(3)4)67(104)90-58(35-93)74(111)112)83-64(101)49(20-22-59(76)95)82-72(109)57(34-92)89-70(107)55(29-42-32-79-48-18-12-10-16-45(42)48)85-69(106)54(28-41-31-78-47-17-11-9-15-44(41)47)86-71(108)56(30-43-33-77-36-80-43)87-65(102)50(21-24-61(98)99)81-68(105)53(27-40-13-7-6-8-14-40)88-73(110)62(39(5)94)91-63(100)46(75)19-23-60(96)97/h6-18,31-33,36-39,46,49-58,62,78-79,92-94H,19-30,34-35,75H2,1-5H3,(H2,76,95)(H,77,80)(H,81,105)(H,82,109)(H,83,101)(H,84,103)(H,85,106)(H,86,108)(H,87,102)(H,88,110)(H,89,107)(H,90,104)(H,91,100)(H,96,97)(H,98,99)(H,111,112)/t39-,46+,49+,50+,51+,52+,53+,54+,55+,56+,57+,58+,62+/m1/s1. The maximum absolute atomic E-state index is 15.4. The minimum atomic E-state index is -1.95. The largest absolute Gasteiger partial charge is 0.481 e. The number of benzene rings is 3. The van der Waals surface area contributed by atoms with Crippen molar-refractivity contribution in [3.05, 3.63) is 126 Å². The van der Waals surface area contributed by atoms with E-state index in [1.165, 1.54) is 12.5 Å². The van der Waals surface area contributed by atoms with Crippen molar-refractivity contribution in [3.8, 4) is 0 Å². The number of aromatic amines is 3. The highest BCUT2D eigenvalue weighted by Gasteiger charge is 2.39. The number of aliphatic hydroxyl groups is 3. The number of aliphatic carboxylic acids is 3. The number of aromatic nitrogens is 4. The molecule has 38 heteroatoms. The van der Waals surface area contributed by atoms with Crippen LogP contribution in [0.4, 0.5) is 0 Å². The van der Waals surface area contributed by atoms with Crippen molar-refractivity contribution in [1.29, 1.82) is 0 Å². The average molecular weight is 1560 g/mol. The molecule has 13 atom stereocenters. The van der Waals surface area contributed by atoms with Gasteiger partial charge in [0.1, 0.15) is 66.5 Å². The zero-order valence-electron chi connectivity index (χ0n) is 62.3. The van der Waals surface area contributed by atoms with E-state index in [2.05, 4.69) is 78.4 Å². The first-order valence-corrected chi connectivity index (χ1v) is 36.2. The summed E-state index contributed by atoms with van der Waals surface area (Å²) in [5, 5.41) is 88.1. The zero-order valence-corrected chi connectivity index (χ0v) is 62.3. The monoisotopic (exact) mass is 1560 g/mol. The third-order valence-corrected chi connectivity index (χ3v) is 17.9. The molecular weight excluding hydrogens is 1460 g/mol. The Morgan fingerprint density at radius 3 is 1.21 bits per heavy atom. The fourth-order valence-corrected chi connectivity index (χ4v) is 12.0. The number of hydrogen-bond donors (Lipinski definition) is 22.